The van der Waals surface area contributed by atoms with E-state index in [1.54, 1.807) is 6.08 Å². The third-order valence-corrected chi connectivity index (χ3v) is 4.82. The average Bonchev–Trinajstić information content (AvgIpc) is 2.59. The zero-order chi connectivity index (χ0) is 15.4. The van der Waals surface area contributed by atoms with Gasteiger partial charge in [-0.05, 0) is 48.8 Å². The van der Waals surface area contributed by atoms with E-state index < -0.39 is 0 Å². The van der Waals surface area contributed by atoms with Crippen molar-refractivity contribution in [3.8, 4) is 5.75 Å². The number of carbonyl (C=O) groups excluding carboxylic acids is 1. The van der Waals surface area contributed by atoms with Gasteiger partial charge in [0.05, 0.1) is 0 Å². The lowest BCUT2D eigenvalue weighted by molar-refractivity contribution is -0.128. The number of rotatable bonds is 4. The highest BCUT2D eigenvalue weighted by atomic mass is 16.5. The second-order valence-corrected chi connectivity index (χ2v) is 6.38. The Balaban J connectivity index is 1.68. The Morgan fingerprint density at radius 1 is 1.27 bits per heavy atom. The predicted molar refractivity (Wildman–Crippen MR) is 88.2 cm³/mol. The van der Waals surface area contributed by atoms with Crippen molar-refractivity contribution in [1.82, 2.24) is 5.32 Å². The van der Waals surface area contributed by atoms with Gasteiger partial charge in [-0.3, -0.25) is 4.79 Å². The van der Waals surface area contributed by atoms with Crippen LogP contribution in [0, 0.1) is 0 Å². The van der Waals surface area contributed by atoms with Crippen molar-refractivity contribution in [1.29, 1.82) is 0 Å². The highest BCUT2D eigenvalue weighted by Crippen LogP contribution is 2.36. The minimum absolute atomic E-state index is 0.0399. The minimum atomic E-state index is -0.368. The van der Waals surface area contributed by atoms with E-state index in [0.717, 1.165) is 18.6 Å². The van der Waals surface area contributed by atoms with Crippen molar-refractivity contribution in [2.75, 3.05) is 6.54 Å². The summed E-state index contributed by atoms with van der Waals surface area (Å²) < 4.78 is 5.89. The van der Waals surface area contributed by atoms with Crippen LogP contribution in [0.1, 0.15) is 55.6 Å². The number of nitrogens with one attached hydrogen (secondary N) is 1. The van der Waals surface area contributed by atoms with E-state index in [2.05, 4.69) is 30.1 Å². The molecule has 1 aromatic rings. The summed E-state index contributed by atoms with van der Waals surface area (Å²) in [7, 11) is 0. The van der Waals surface area contributed by atoms with E-state index in [1.165, 1.54) is 43.2 Å². The van der Waals surface area contributed by atoms with E-state index in [-0.39, 0.29) is 12.0 Å². The van der Waals surface area contributed by atoms with Crippen molar-refractivity contribution in [3.05, 3.63) is 42.0 Å². The van der Waals surface area contributed by atoms with Crippen molar-refractivity contribution < 1.29 is 9.53 Å². The summed E-state index contributed by atoms with van der Waals surface area (Å²) >= 11 is 0. The van der Waals surface area contributed by atoms with Crippen LogP contribution in [0.15, 0.2) is 30.9 Å². The smallest absolute Gasteiger partial charge is 0.261 e. The number of fused-ring (bicyclic) bond motifs is 1. The fourth-order valence-corrected chi connectivity index (χ4v) is 3.57. The molecule has 2 aliphatic rings. The normalized spacial score (nSPS) is 21.5. The molecule has 0 saturated heterocycles. The maximum absolute atomic E-state index is 12.0. The number of hydrogen-bond acceptors (Lipinski definition) is 2. The molecule has 0 radical (unpaired) electrons. The Hall–Kier alpha value is -1.77. The molecule has 0 aromatic heterocycles. The lowest BCUT2D eigenvalue weighted by Crippen LogP contribution is -2.40. The van der Waals surface area contributed by atoms with Crippen LogP contribution in [-0.2, 0) is 11.2 Å². The van der Waals surface area contributed by atoms with Gasteiger partial charge < -0.3 is 10.1 Å². The fraction of sp³-hybridized carbons (Fsp3) is 0.526. The number of benzene rings is 1. The van der Waals surface area contributed by atoms with E-state index >= 15 is 0 Å². The van der Waals surface area contributed by atoms with Crippen LogP contribution in [-0.4, -0.2) is 18.6 Å². The zero-order valence-corrected chi connectivity index (χ0v) is 13.1. The highest BCUT2D eigenvalue weighted by Gasteiger charge is 2.26. The second-order valence-electron chi connectivity index (χ2n) is 6.38. The molecule has 1 N–H and O–H groups in total. The molecule has 1 aliphatic heterocycles. The maximum atomic E-state index is 12.0. The number of carbonyl (C=O) groups is 1. The summed E-state index contributed by atoms with van der Waals surface area (Å²) in [5, 5.41) is 2.81. The molecule has 22 heavy (non-hydrogen) atoms. The monoisotopic (exact) mass is 299 g/mol. The molecule has 1 amide bonds. The van der Waals surface area contributed by atoms with Gasteiger partial charge in [-0.2, -0.15) is 0 Å². The standard InChI is InChI=1S/C19H25NO2/c1-2-12-20-19(21)18-11-9-16-13-15(8-10-17(16)22-18)14-6-4-3-5-7-14/h2,8,10,13-14,18H,1,3-7,9,11-12H2,(H,20,21). The lowest BCUT2D eigenvalue weighted by Gasteiger charge is -2.27. The number of aryl methyl sites for hydroxylation is 1. The van der Waals surface area contributed by atoms with Gasteiger partial charge in [-0.1, -0.05) is 37.5 Å². The molecule has 3 nitrogen and oxygen atoms in total. The van der Waals surface area contributed by atoms with Gasteiger partial charge in [-0.25, -0.2) is 0 Å². The molecule has 1 heterocycles. The van der Waals surface area contributed by atoms with Crippen LogP contribution in [0.2, 0.25) is 0 Å². The summed E-state index contributed by atoms with van der Waals surface area (Å²) in [4.78, 5) is 12.0. The third-order valence-electron chi connectivity index (χ3n) is 4.82. The molecule has 1 saturated carbocycles. The first kappa shape index (κ1) is 15.1. The molecular formula is C19H25NO2. The van der Waals surface area contributed by atoms with Gasteiger partial charge in [0.15, 0.2) is 6.10 Å². The molecule has 1 atom stereocenters. The number of hydrogen-bond donors (Lipinski definition) is 1. The first-order valence-electron chi connectivity index (χ1n) is 8.46. The summed E-state index contributed by atoms with van der Waals surface area (Å²) in [6, 6.07) is 6.56. The van der Waals surface area contributed by atoms with Crippen LogP contribution in [0.5, 0.6) is 5.75 Å². The Morgan fingerprint density at radius 3 is 2.86 bits per heavy atom. The number of amides is 1. The summed E-state index contributed by atoms with van der Waals surface area (Å²) in [5.74, 6) is 1.55. The lowest BCUT2D eigenvalue weighted by atomic mass is 9.83. The minimum Gasteiger partial charge on any atom is -0.480 e. The zero-order valence-electron chi connectivity index (χ0n) is 13.1. The quantitative estimate of drug-likeness (QED) is 0.860. The van der Waals surface area contributed by atoms with Gasteiger partial charge in [0.25, 0.3) is 5.91 Å². The van der Waals surface area contributed by atoms with Crippen LogP contribution in [0.3, 0.4) is 0 Å². The average molecular weight is 299 g/mol. The first-order chi connectivity index (χ1) is 10.8. The molecule has 1 unspecified atom stereocenters. The van der Waals surface area contributed by atoms with E-state index in [9.17, 15) is 4.79 Å². The molecular weight excluding hydrogens is 274 g/mol. The SMILES string of the molecule is C=CCNC(=O)C1CCc2cc(C3CCCCC3)ccc2O1. The van der Waals surface area contributed by atoms with Crippen LogP contribution >= 0.6 is 0 Å². The molecule has 1 fully saturated rings. The van der Waals surface area contributed by atoms with Crippen molar-refractivity contribution in [2.24, 2.45) is 0 Å². The van der Waals surface area contributed by atoms with Crippen LogP contribution in [0.4, 0.5) is 0 Å². The Labute approximate surface area is 132 Å². The van der Waals surface area contributed by atoms with E-state index in [1.807, 2.05) is 0 Å². The first-order valence-corrected chi connectivity index (χ1v) is 8.46. The van der Waals surface area contributed by atoms with Gasteiger partial charge in [0.1, 0.15) is 5.75 Å². The molecule has 3 heteroatoms. The highest BCUT2D eigenvalue weighted by molar-refractivity contribution is 5.81. The van der Waals surface area contributed by atoms with Crippen LogP contribution in [0.25, 0.3) is 0 Å². The molecule has 0 bridgehead atoms. The molecule has 3 rings (SSSR count). The number of ether oxygens (including phenoxy) is 1. The third kappa shape index (κ3) is 3.34. The van der Waals surface area contributed by atoms with E-state index in [4.69, 9.17) is 4.74 Å². The van der Waals surface area contributed by atoms with Gasteiger partial charge in [0, 0.05) is 6.54 Å². The van der Waals surface area contributed by atoms with Crippen LogP contribution < -0.4 is 10.1 Å². The van der Waals surface area contributed by atoms with Crippen molar-refractivity contribution in [2.45, 2.75) is 57.0 Å². The van der Waals surface area contributed by atoms with Gasteiger partial charge in [0.2, 0.25) is 0 Å². The molecule has 1 aliphatic carbocycles. The van der Waals surface area contributed by atoms with Gasteiger partial charge in [-0.15, -0.1) is 6.58 Å². The largest absolute Gasteiger partial charge is 0.480 e. The Kier molecular flexibility index (Phi) is 4.81. The maximum Gasteiger partial charge on any atom is 0.261 e. The summed E-state index contributed by atoms with van der Waals surface area (Å²) in [5.41, 5.74) is 2.72. The van der Waals surface area contributed by atoms with Gasteiger partial charge >= 0.3 is 0 Å². The second kappa shape index (κ2) is 6.99. The summed E-state index contributed by atoms with van der Waals surface area (Å²) in [6.07, 6.45) is 9.70. The summed E-state index contributed by atoms with van der Waals surface area (Å²) in [6.45, 7) is 4.10. The molecule has 0 spiro atoms. The molecule has 118 valence electrons. The van der Waals surface area contributed by atoms with E-state index in [0.29, 0.717) is 12.5 Å². The Bertz CT molecular complexity index is 546. The predicted octanol–water partition coefficient (Wildman–Crippen LogP) is 3.73. The topological polar surface area (TPSA) is 38.3 Å². The fourth-order valence-electron chi connectivity index (χ4n) is 3.57. The van der Waals surface area contributed by atoms with Crippen molar-refractivity contribution >= 4 is 5.91 Å². The van der Waals surface area contributed by atoms with Crippen molar-refractivity contribution in [3.63, 3.8) is 0 Å². The Morgan fingerprint density at radius 2 is 2.09 bits per heavy atom. The molecule has 1 aromatic carbocycles.